The number of benzene rings is 1. The standard InChI is InChI=1S/C16H21ClN2O5S/c1-10-2-5-12(6-3-10)19-15(20)9-24-16(21)11-4-7-13(17)14(8-11)25(18,22)23/h4,7-8,10,12H,2-3,5-6,9H2,1H3,(H,19,20)(H2,18,22,23). The molecule has 1 saturated carbocycles. The van der Waals surface area contributed by atoms with E-state index in [-0.39, 0.29) is 27.4 Å². The third-order valence-corrected chi connectivity index (χ3v) is 5.58. The van der Waals surface area contributed by atoms with Crippen LogP contribution in [0.2, 0.25) is 5.02 Å². The molecule has 0 unspecified atom stereocenters. The lowest BCUT2D eigenvalue weighted by Crippen LogP contribution is -2.39. The fourth-order valence-corrected chi connectivity index (χ4v) is 3.81. The fourth-order valence-electron chi connectivity index (χ4n) is 2.74. The van der Waals surface area contributed by atoms with Gasteiger partial charge in [-0.25, -0.2) is 18.4 Å². The first-order valence-electron chi connectivity index (χ1n) is 7.95. The molecule has 0 saturated heterocycles. The van der Waals surface area contributed by atoms with Crippen molar-refractivity contribution in [3.8, 4) is 0 Å². The van der Waals surface area contributed by atoms with Crippen molar-refractivity contribution in [3.63, 3.8) is 0 Å². The fraction of sp³-hybridized carbons (Fsp3) is 0.500. The van der Waals surface area contributed by atoms with Crippen molar-refractivity contribution in [2.75, 3.05) is 6.61 Å². The first-order valence-corrected chi connectivity index (χ1v) is 9.88. The summed E-state index contributed by atoms with van der Waals surface area (Å²) in [6, 6.07) is 3.67. The topological polar surface area (TPSA) is 116 Å². The van der Waals surface area contributed by atoms with Crippen LogP contribution in [-0.4, -0.2) is 32.9 Å². The second kappa shape index (κ2) is 8.16. The first-order chi connectivity index (χ1) is 11.7. The molecule has 0 atom stereocenters. The maximum absolute atomic E-state index is 12.0. The quantitative estimate of drug-likeness (QED) is 0.746. The van der Waals surface area contributed by atoms with E-state index in [1.165, 1.54) is 12.1 Å². The van der Waals surface area contributed by atoms with Gasteiger partial charge in [-0.3, -0.25) is 4.79 Å². The van der Waals surface area contributed by atoms with E-state index in [1.54, 1.807) is 0 Å². The molecule has 1 aliphatic rings. The molecule has 1 aliphatic carbocycles. The summed E-state index contributed by atoms with van der Waals surface area (Å²) in [5.41, 5.74) is -0.0484. The van der Waals surface area contributed by atoms with Crippen LogP contribution in [0.1, 0.15) is 43.0 Å². The lowest BCUT2D eigenvalue weighted by molar-refractivity contribution is -0.125. The Morgan fingerprint density at radius 1 is 1.28 bits per heavy atom. The van der Waals surface area contributed by atoms with E-state index in [1.807, 2.05) is 0 Å². The van der Waals surface area contributed by atoms with Crippen LogP contribution in [-0.2, 0) is 19.6 Å². The van der Waals surface area contributed by atoms with Gasteiger partial charge >= 0.3 is 5.97 Å². The minimum atomic E-state index is -4.06. The molecule has 0 bridgehead atoms. The van der Waals surface area contributed by atoms with E-state index in [9.17, 15) is 18.0 Å². The number of hydrogen-bond acceptors (Lipinski definition) is 5. The van der Waals surface area contributed by atoms with Crippen LogP contribution in [0.15, 0.2) is 23.1 Å². The Hall–Kier alpha value is -1.64. The normalized spacial score (nSPS) is 20.8. The van der Waals surface area contributed by atoms with Crippen molar-refractivity contribution in [3.05, 3.63) is 28.8 Å². The summed E-state index contributed by atoms with van der Waals surface area (Å²) >= 11 is 5.76. The predicted molar refractivity (Wildman–Crippen MR) is 92.7 cm³/mol. The van der Waals surface area contributed by atoms with Gasteiger partial charge in [0, 0.05) is 6.04 Å². The van der Waals surface area contributed by atoms with Crippen LogP contribution in [0.5, 0.6) is 0 Å². The third-order valence-electron chi connectivity index (χ3n) is 4.19. The lowest BCUT2D eigenvalue weighted by Gasteiger charge is -2.26. The average molecular weight is 389 g/mol. The van der Waals surface area contributed by atoms with E-state index < -0.39 is 22.6 Å². The number of esters is 1. The molecule has 0 aromatic heterocycles. The Labute approximate surface area is 151 Å². The number of amides is 1. The van der Waals surface area contributed by atoms with Gasteiger partial charge in [-0.05, 0) is 49.8 Å². The van der Waals surface area contributed by atoms with Crippen LogP contribution in [0.25, 0.3) is 0 Å². The molecule has 7 nitrogen and oxygen atoms in total. The van der Waals surface area contributed by atoms with E-state index in [4.69, 9.17) is 21.5 Å². The number of carbonyl (C=O) groups excluding carboxylic acids is 2. The van der Waals surface area contributed by atoms with Crippen LogP contribution < -0.4 is 10.5 Å². The molecular weight excluding hydrogens is 368 g/mol. The van der Waals surface area contributed by atoms with Gasteiger partial charge in [-0.1, -0.05) is 18.5 Å². The van der Waals surface area contributed by atoms with Crippen molar-refractivity contribution in [1.82, 2.24) is 5.32 Å². The number of hydrogen-bond donors (Lipinski definition) is 2. The van der Waals surface area contributed by atoms with Gasteiger partial charge < -0.3 is 10.1 Å². The summed E-state index contributed by atoms with van der Waals surface area (Å²) in [5, 5.41) is 7.78. The molecule has 0 radical (unpaired) electrons. The zero-order valence-electron chi connectivity index (χ0n) is 13.8. The molecule has 138 valence electrons. The number of halogens is 1. The molecule has 0 spiro atoms. The summed E-state index contributed by atoms with van der Waals surface area (Å²) < 4.78 is 27.8. The third kappa shape index (κ3) is 5.69. The molecule has 25 heavy (non-hydrogen) atoms. The highest BCUT2D eigenvalue weighted by atomic mass is 35.5. The number of carbonyl (C=O) groups is 2. The number of rotatable bonds is 5. The summed E-state index contributed by atoms with van der Waals surface area (Å²) in [4.78, 5) is 23.5. The SMILES string of the molecule is CC1CCC(NC(=O)COC(=O)c2ccc(Cl)c(S(N)(=O)=O)c2)CC1. The molecule has 3 N–H and O–H groups in total. The van der Waals surface area contributed by atoms with Crippen LogP contribution in [0.3, 0.4) is 0 Å². The van der Waals surface area contributed by atoms with Crippen molar-refractivity contribution >= 4 is 33.5 Å². The van der Waals surface area contributed by atoms with Gasteiger partial charge in [0.15, 0.2) is 6.61 Å². The molecule has 0 heterocycles. The Bertz CT molecular complexity index is 758. The van der Waals surface area contributed by atoms with E-state index >= 15 is 0 Å². The van der Waals surface area contributed by atoms with Gasteiger partial charge in [0.2, 0.25) is 10.0 Å². The molecule has 0 aliphatic heterocycles. The highest BCUT2D eigenvalue weighted by Crippen LogP contribution is 2.23. The zero-order valence-corrected chi connectivity index (χ0v) is 15.4. The Morgan fingerprint density at radius 2 is 1.92 bits per heavy atom. The second-order valence-corrected chi connectivity index (χ2v) is 8.23. The highest BCUT2D eigenvalue weighted by molar-refractivity contribution is 7.89. The smallest absolute Gasteiger partial charge is 0.338 e. The number of nitrogens with two attached hydrogens (primary N) is 1. The van der Waals surface area contributed by atoms with Gasteiger partial charge in [-0.15, -0.1) is 0 Å². The van der Waals surface area contributed by atoms with Crippen LogP contribution >= 0.6 is 11.6 Å². The van der Waals surface area contributed by atoms with E-state index in [0.717, 1.165) is 31.7 Å². The summed E-state index contributed by atoms with van der Waals surface area (Å²) in [6.07, 6.45) is 3.95. The van der Waals surface area contributed by atoms with Gasteiger partial charge in [0.1, 0.15) is 4.90 Å². The molecule has 1 aromatic carbocycles. The molecule has 1 aromatic rings. The minimum absolute atomic E-state index is 0.0484. The largest absolute Gasteiger partial charge is 0.452 e. The first kappa shape index (κ1) is 19.7. The Kier molecular flexibility index (Phi) is 6.42. The van der Waals surface area contributed by atoms with Crippen molar-refractivity contribution in [1.29, 1.82) is 0 Å². The van der Waals surface area contributed by atoms with E-state index in [2.05, 4.69) is 12.2 Å². The maximum Gasteiger partial charge on any atom is 0.338 e. The lowest BCUT2D eigenvalue weighted by atomic mass is 9.87. The number of nitrogens with one attached hydrogen (secondary N) is 1. The maximum atomic E-state index is 12.0. The van der Waals surface area contributed by atoms with Crippen molar-refractivity contribution in [2.45, 2.75) is 43.5 Å². The summed E-state index contributed by atoms with van der Waals surface area (Å²) in [5.74, 6) is -0.536. The molecule has 9 heteroatoms. The zero-order chi connectivity index (χ0) is 18.6. The molecular formula is C16H21ClN2O5S. The molecule has 1 amide bonds. The Balaban J connectivity index is 1.91. The van der Waals surface area contributed by atoms with Gasteiger partial charge in [-0.2, -0.15) is 0 Å². The summed E-state index contributed by atoms with van der Waals surface area (Å²) in [7, 11) is -4.06. The minimum Gasteiger partial charge on any atom is -0.452 e. The van der Waals surface area contributed by atoms with Crippen LogP contribution in [0, 0.1) is 5.92 Å². The molecule has 1 fully saturated rings. The van der Waals surface area contributed by atoms with Gasteiger partial charge in [0.25, 0.3) is 5.91 Å². The highest BCUT2D eigenvalue weighted by Gasteiger charge is 2.21. The van der Waals surface area contributed by atoms with E-state index in [0.29, 0.717) is 5.92 Å². The predicted octanol–water partition coefficient (Wildman–Crippen LogP) is 1.84. The van der Waals surface area contributed by atoms with Crippen LogP contribution in [0.4, 0.5) is 0 Å². The second-order valence-electron chi connectivity index (χ2n) is 6.29. The molecule has 2 rings (SSSR count). The van der Waals surface area contributed by atoms with Crippen molar-refractivity contribution < 1.29 is 22.7 Å². The average Bonchev–Trinajstić information content (AvgIpc) is 2.54. The monoisotopic (exact) mass is 388 g/mol. The van der Waals surface area contributed by atoms with Gasteiger partial charge in [0.05, 0.1) is 10.6 Å². The Morgan fingerprint density at radius 3 is 2.52 bits per heavy atom. The number of ether oxygens (including phenoxy) is 1. The van der Waals surface area contributed by atoms with Crippen molar-refractivity contribution in [2.24, 2.45) is 11.1 Å². The summed E-state index contributed by atoms with van der Waals surface area (Å²) in [6.45, 7) is 1.75. The number of primary sulfonamides is 1. The number of sulfonamides is 1.